The second kappa shape index (κ2) is 7.98. The van der Waals surface area contributed by atoms with E-state index < -0.39 is 5.91 Å². The molecule has 1 amide bonds. The largest absolute Gasteiger partial charge is 0.321 e. The van der Waals surface area contributed by atoms with Crippen LogP contribution in [0.2, 0.25) is 0 Å². The normalized spacial score (nSPS) is 11.2. The van der Waals surface area contributed by atoms with Crippen LogP contribution in [0.4, 0.5) is 5.69 Å². The zero-order valence-corrected chi connectivity index (χ0v) is 16.6. The number of hydrogen-bond acceptors (Lipinski definition) is 2. The van der Waals surface area contributed by atoms with Gasteiger partial charge in [-0.3, -0.25) is 4.79 Å². The second-order valence-corrected chi connectivity index (χ2v) is 6.99. The standard InChI is InChI=1S/C24H23N3O/c1-16-7-5-9-22(11-16)26-24(28)21(15-25)14-20-13-18(3)27(19(20)4)23-10-6-8-17(2)12-23/h5-14H,1-4H3,(H,26,28)/b21-14-. The summed E-state index contributed by atoms with van der Waals surface area (Å²) in [5.74, 6) is -0.409. The Kier molecular flexibility index (Phi) is 5.47. The van der Waals surface area contributed by atoms with Crippen LogP contribution in [-0.4, -0.2) is 10.5 Å². The van der Waals surface area contributed by atoms with Gasteiger partial charge in [0.15, 0.2) is 0 Å². The van der Waals surface area contributed by atoms with Crippen LogP contribution >= 0.6 is 0 Å². The fourth-order valence-corrected chi connectivity index (χ4v) is 3.32. The van der Waals surface area contributed by atoms with E-state index in [2.05, 4.69) is 35.0 Å². The highest BCUT2D eigenvalue weighted by molar-refractivity contribution is 6.09. The molecule has 0 aliphatic carbocycles. The van der Waals surface area contributed by atoms with Crippen molar-refractivity contribution in [3.63, 3.8) is 0 Å². The summed E-state index contributed by atoms with van der Waals surface area (Å²) in [6, 6.07) is 19.8. The van der Waals surface area contributed by atoms with Crippen molar-refractivity contribution in [3.8, 4) is 11.8 Å². The van der Waals surface area contributed by atoms with Crippen molar-refractivity contribution in [2.24, 2.45) is 0 Å². The number of anilines is 1. The monoisotopic (exact) mass is 369 g/mol. The molecule has 2 aromatic carbocycles. The Hall–Kier alpha value is -3.58. The van der Waals surface area contributed by atoms with Crippen molar-refractivity contribution < 1.29 is 4.79 Å². The van der Waals surface area contributed by atoms with E-state index in [4.69, 9.17) is 0 Å². The summed E-state index contributed by atoms with van der Waals surface area (Å²) in [7, 11) is 0. The van der Waals surface area contributed by atoms with Crippen molar-refractivity contribution >= 4 is 17.7 Å². The lowest BCUT2D eigenvalue weighted by molar-refractivity contribution is -0.112. The van der Waals surface area contributed by atoms with E-state index in [1.54, 1.807) is 6.08 Å². The number of carbonyl (C=O) groups is 1. The number of hydrogen-bond donors (Lipinski definition) is 1. The van der Waals surface area contributed by atoms with Gasteiger partial charge >= 0.3 is 0 Å². The number of benzene rings is 2. The van der Waals surface area contributed by atoms with Gasteiger partial charge in [-0.05, 0) is 80.8 Å². The van der Waals surface area contributed by atoms with Crippen molar-refractivity contribution in [2.75, 3.05) is 5.32 Å². The smallest absolute Gasteiger partial charge is 0.266 e. The molecule has 28 heavy (non-hydrogen) atoms. The number of aromatic nitrogens is 1. The van der Waals surface area contributed by atoms with E-state index in [0.29, 0.717) is 5.69 Å². The number of nitriles is 1. The molecule has 3 rings (SSSR count). The molecule has 4 nitrogen and oxygen atoms in total. The topological polar surface area (TPSA) is 57.8 Å². The van der Waals surface area contributed by atoms with Gasteiger partial charge in [0.25, 0.3) is 5.91 Å². The van der Waals surface area contributed by atoms with Crippen LogP contribution in [0.15, 0.2) is 60.2 Å². The van der Waals surface area contributed by atoms with E-state index in [-0.39, 0.29) is 5.57 Å². The van der Waals surface area contributed by atoms with Gasteiger partial charge < -0.3 is 9.88 Å². The molecule has 0 radical (unpaired) electrons. The highest BCUT2D eigenvalue weighted by Gasteiger charge is 2.14. The first-order valence-corrected chi connectivity index (χ1v) is 9.15. The highest BCUT2D eigenvalue weighted by Crippen LogP contribution is 2.23. The van der Waals surface area contributed by atoms with Gasteiger partial charge in [0, 0.05) is 22.8 Å². The minimum atomic E-state index is -0.409. The molecule has 0 aliphatic heterocycles. The summed E-state index contributed by atoms with van der Waals surface area (Å²) in [6.07, 6.45) is 1.65. The molecule has 0 bridgehead atoms. The minimum absolute atomic E-state index is 0.0750. The fraction of sp³-hybridized carbons (Fsp3) is 0.167. The minimum Gasteiger partial charge on any atom is -0.321 e. The molecule has 0 atom stereocenters. The maximum absolute atomic E-state index is 12.6. The second-order valence-electron chi connectivity index (χ2n) is 6.99. The molecule has 0 saturated carbocycles. The van der Waals surface area contributed by atoms with Crippen LogP contribution < -0.4 is 5.32 Å². The number of nitrogens with zero attached hydrogens (tertiary/aromatic N) is 2. The third kappa shape index (κ3) is 4.05. The highest BCUT2D eigenvalue weighted by atomic mass is 16.1. The predicted molar refractivity (Wildman–Crippen MR) is 113 cm³/mol. The fourth-order valence-electron chi connectivity index (χ4n) is 3.32. The summed E-state index contributed by atoms with van der Waals surface area (Å²) >= 11 is 0. The molecule has 1 N–H and O–H groups in total. The van der Waals surface area contributed by atoms with Crippen LogP contribution in [-0.2, 0) is 4.79 Å². The zero-order valence-electron chi connectivity index (χ0n) is 16.6. The molecule has 4 heteroatoms. The molecular formula is C24H23N3O. The van der Waals surface area contributed by atoms with Crippen molar-refractivity contribution in [1.82, 2.24) is 4.57 Å². The van der Waals surface area contributed by atoms with Crippen LogP contribution in [0.25, 0.3) is 11.8 Å². The van der Waals surface area contributed by atoms with Gasteiger partial charge in [-0.15, -0.1) is 0 Å². The lowest BCUT2D eigenvalue weighted by Gasteiger charge is -2.10. The Morgan fingerprint density at radius 3 is 2.32 bits per heavy atom. The van der Waals surface area contributed by atoms with Crippen LogP contribution in [0.5, 0.6) is 0 Å². The average molecular weight is 369 g/mol. The molecule has 0 fully saturated rings. The molecular weight excluding hydrogens is 346 g/mol. The lowest BCUT2D eigenvalue weighted by atomic mass is 10.1. The van der Waals surface area contributed by atoms with Crippen molar-refractivity contribution in [2.45, 2.75) is 27.7 Å². The van der Waals surface area contributed by atoms with Gasteiger partial charge in [0.1, 0.15) is 11.6 Å². The number of aryl methyl sites for hydroxylation is 3. The SMILES string of the molecule is Cc1cccc(NC(=O)/C(C#N)=C\c2cc(C)n(-c3cccc(C)c3)c2C)c1. The lowest BCUT2D eigenvalue weighted by Crippen LogP contribution is -2.13. The number of amides is 1. The van der Waals surface area contributed by atoms with Crippen LogP contribution in [0, 0.1) is 39.0 Å². The summed E-state index contributed by atoms with van der Waals surface area (Å²) in [5.41, 5.74) is 6.93. The van der Waals surface area contributed by atoms with Crippen molar-refractivity contribution in [1.29, 1.82) is 5.26 Å². The van der Waals surface area contributed by atoms with E-state index in [0.717, 1.165) is 28.2 Å². The Labute approximate surface area is 165 Å². The molecule has 0 aliphatic rings. The molecule has 0 spiro atoms. The van der Waals surface area contributed by atoms with E-state index in [1.807, 2.05) is 63.2 Å². The van der Waals surface area contributed by atoms with E-state index in [9.17, 15) is 10.1 Å². The summed E-state index contributed by atoms with van der Waals surface area (Å²) < 4.78 is 2.13. The first-order chi connectivity index (χ1) is 13.4. The van der Waals surface area contributed by atoms with Gasteiger partial charge in [0.05, 0.1) is 0 Å². The van der Waals surface area contributed by atoms with Gasteiger partial charge in [-0.2, -0.15) is 5.26 Å². The molecule has 1 aromatic heterocycles. The van der Waals surface area contributed by atoms with E-state index in [1.165, 1.54) is 5.56 Å². The summed E-state index contributed by atoms with van der Waals surface area (Å²) in [5, 5.41) is 12.3. The molecule has 140 valence electrons. The predicted octanol–water partition coefficient (Wildman–Crippen LogP) is 5.26. The molecule has 1 heterocycles. The maximum Gasteiger partial charge on any atom is 0.266 e. The summed E-state index contributed by atoms with van der Waals surface area (Å²) in [6.45, 7) is 8.03. The number of carbonyl (C=O) groups excluding carboxylic acids is 1. The Morgan fingerprint density at radius 1 is 1.00 bits per heavy atom. The third-order valence-corrected chi connectivity index (χ3v) is 4.67. The Balaban J connectivity index is 1.94. The van der Waals surface area contributed by atoms with Crippen LogP contribution in [0.1, 0.15) is 28.1 Å². The Morgan fingerprint density at radius 2 is 1.68 bits per heavy atom. The molecule has 0 unspecified atom stereocenters. The van der Waals surface area contributed by atoms with Gasteiger partial charge in [0.2, 0.25) is 0 Å². The number of rotatable bonds is 4. The molecule has 3 aromatic rings. The maximum atomic E-state index is 12.6. The average Bonchev–Trinajstić information content (AvgIpc) is 2.92. The van der Waals surface area contributed by atoms with Crippen molar-refractivity contribution in [3.05, 3.63) is 88.2 Å². The Bertz CT molecular complexity index is 1110. The van der Waals surface area contributed by atoms with E-state index >= 15 is 0 Å². The van der Waals surface area contributed by atoms with Crippen LogP contribution in [0.3, 0.4) is 0 Å². The molecule has 0 saturated heterocycles. The van der Waals surface area contributed by atoms with Gasteiger partial charge in [-0.25, -0.2) is 0 Å². The van der Waals surface area contributed by atoms with Gasteiger partial charge in [-0.1, -0.05) is 24.3 Å². The quantitative estimate of drug-likeness (QED) is 0.504. The number of nitrogens with one attached hydrogen (secondary N) is 1. The first-order valence-electron chi connectivity index (χ1n) is 9.15. The first kappa shape index (κ1) is 19.2. The zero-order chi connectivity index (χ0) is 20.3. The summed E-state index contributed by atoms with van der Waals surface area (Å²) in [4.78, 5) is 12.6. The third-order valence-electron chi connectivity index (χ3n) is 4.67.